The minimum atomic E-state index is -0.364. The van der Waals surface area contributed by atoms with Crippen LogP contribution in [0, 0.1) is 5.82 Å². The van der Waals surface area contributed by atoms with Crippen LogP contribution in [0.4, 0.5) is 4.39 Å². The van der Waals surface area contributed by atoms with Crippen molar-refractivity contribution in [2.24, 2.45) is 0 Å². The lowest BCUT2D eigenvalue weighted by Crippen LogP contribution is -2.50. The van der Waals surface area contributed by atoms with Gasteiger partial charge in [-0.1, -0.05) is 12.1 Å². The van der Waals surface area contributed by atoms with E-state index >= 15 is 0 Å². The number of methoxy groups -OCH3 is 1. The number of nitrogens with zero attached hydrogens (tertiary/aromatic N) is 2. The number of nitrogens with one attached hydrogen (secondary N) is 1. The standard InChI is InChI=1S/C21H24FN3O3/c1-28-19-5-3-2-4-18(19)21(27)25-14-12-24(13-15-25)11-10-23-20(26)16-6-8-17(22)9-7-16/h2-9H,10-15H2,1H3,(H,23,26). The Labute approximate surface area is 163 Å². The molecule has 0 spiro atoms. The number of hydrogen-bond donors (Lipinski definition) is 1. The van der Waals surface area contributed by atoms with Crippen LogP contribution < -0.4 is 10.1 Å². The minimum absolute atomic E-state index is 0.0262. The van der Waals surface area contributed by atoms with Gasteiger partial charge >= 0.3 is 0 Å². The Balaban J connectivity index is 1.43. The van der Waals surface area contributed by atoms with Gasteiger partial charge in [0.2, 0.25) is 0 Å². The van der Waals surface area contributed by atoms with Gasteiger partial charge < -0.3 is 15.0 Å². The number of para-hydroxylation sites is 1. The van der Waals surface area contributed by atoms with Gasteiger partial charge in [0, 0.05) is 44.8 Å². The van der Waals surface area contributed by atoms with Crippen molar-refractivity contribution in [3.63, 3.8) is 0 Å². The van der Waals surface area contributed by atoms with E-state index in [1.165, 1.54) is 24.3 Å². The molecule has 1 aliphatic heterocycles. The molecule has 2 aromatic carbocycles. The molecule has 1 heterocycles. The van der Waals surface area contributed by atoms with Crippen LogP contribution in [-0.2, 0) is 0 Å². The van der Waals surface area contributed by atoms with Crippen LogP contribution in [0.25, 0.3) is 0 Å². The number of ether oxygens (including phenoxy) is 1. The lowest BCUT2D eigenvalue weighted by Gasteiger charge is -2.35. The topological polar surface area (TPSA) is 61.9 Å². The zero-order chi connectivity index (χ0) is 19.9. The van der Waals surface area contributed by atoms with E-state index < -0.39 is 0 Å². The van der Waals surface area contributed by atoms with Crippen molar-refractivity contribution in [1.29, 1.82) is 0 Å². The van der Waals surface area contributed by atoms with E-state index in [1.807, 2.05) is 17.0 Å². The quantitative estimate of drug-likeness (QED) is 0.827. The summed E-state index contributed by atoms with van der Waals surface area (Å²) in [6, 6.07) is 12.7. The number of hydrogen-bond acceptors (Lipinski definition) is 4. The van der Waals surface area contributed by atoms with Crippen LogP contribution in [-0.4, -0.2) is 68.0 Å². The lowest BCUT2D eigenvalue weighted by atomic mass is 10.1. The summed E-state index contributed by atoms with van der Waals surface area (Å²) >= 11 is 0. The predicted octanol–water partition coefficient (Wildman–Crippen LogP) is 2.02. The average Bonchev–Trinajstić information content (AvgIpc) is 2.74. The third-order valence-electron chi connectivity index (χ3n) is 4.82. The molecule has 148 valence electrons. The molecule has 0 aromatic heterocycles. The summed E-state index contributed by atoms with van der Waals surface area (Å²) in [5.41, 5.74) is 1.01. The largest absolute Gasteiger partial charge is 0.496 e. The first-order valence-electron chi connectivity index (χ1n) is 9.27. The Bertz CT molecular complexity index is 818. The maximum atomic E-state index is 12.9. The second kappa shape index (κ2) is 9.32. The van der Waals surface area contributed by atoms with Crippen LogP contribution in [0.5, 0.6) is 5.75 Å². The monoisotopic (exact) mass is 385 g/mol. The molecule has 0 aliphatic carbocycles. The Morgan fingerprint density at radius 2 is 1.71 bits per heavy atom. The van der Waals surface area contributed by atoms with Gasteiger partial charge in [0.05, 0.1) is 12.7 Å². The first-order valence-corrected chi connectivity index (χ1v) is 9.27. The van der Waals surface area contributed by atoms with E-state index in [-0.39, 0.29) is 17.6 Å². The SMILES string of the molecule is COc1ccccc1C(=O)N1CCN(CCNC(=O)c2ccc(F)cc2)CC1. The van der Waals surface area contributed by atoms with Crippen molar-refractivity contribution in [3.05, 3.63) is 65.5 Å². The molecule has 7 heteroatoms. The molecule has 3 rings (SSSR count). The highest BCUT2D eigenvalue weighted by Crippen LogP contribution is 2.20. The number of benzene rings is 2. The summed E-state index contributed by atoms with van der Waals surface area (Å²) in [5, 5.41) is 2.84. The number of rotatable bonds is 6. The maximum Gasteiger partial charge on any atom is 0.257 e. The molecule has 1 N–H and O–H groups in total. The minimum Gasteiger partial charge on any atom is -0.496 e. The van der Waals surface area contributed by atoms with Crippen LogP contribution in [0.1, 0.15) is 20.7 Å². The van der Waals surface area contributed by atoms with Crippen LogP contribution in [0.15, 0.2) is 48.5 Å². The van der Waals surface area contributed by atoms with Gasteiger partial charge in [-0.15, -0.1) is 0 Å². The van der Waals surface area contributed by atoms with E-state index in [0.29, 0.717) is 43.1 Å². The summed E-state index contributed by atoms with van der Waals surface area (Å²) in [7, 11) is 1.56. The summed E-state index contributed by atoms with van der Waals surface area (Å²) in [5.74, 6) is -0.0257. The van der Waals surface area contributed by atoms with Crippen molar-refractivity contribution in [2.75, 3.05) is 46.4 Å². The van der Waals surface area contributed by atoms with Gasteiger partial charge in [-0.25, -0.2) is 4.39 Å². The van der Waals surface area contributed by atoms with Crippen LogP contribution >= 0.6 is 0 Å². The molecule has 1 aliphatic rings. The van der Waals surface area contributed by atoms with Crippen molar-refractivity contribution >= 4 is 11.8 Å². The Kier molecular flexibility index (Phi) is 6.60. The molecule has 2 aromatic rings. The van der Waals surface area contributed by atoms with E-state index in [2.05, 4.69) is 10.2 Å². The van der Waals surface area contributed by atoms with Gasteiger partial charge in [0.1, 0.15) is 11.6 Å². The molecule has 0 bridgehead atoms. The number of carbonyl (C=O) groups is 2. The molecule has 28 heavy (non-hydrogen) atoms. The Morgan fingerprint density at radius 1 is 1.04 bits per heavy atom. The zero-order valence-electron chi connectivity index (χ0n) is 15.9. The first-order chi connectivity index (χ1) is 13.6. The summed E-state index contributed by atoms with van der Waals surface area (Å²) < 4.78 is 18.2. The highest BCUT2D eigenvalue weighted by Gasteiger charge is 2.23. The molecule has 1 fully saturated rings. The molecule has 0 radical (unpaired) electrons. The molecule has 0 atom stereocenters. The van der Waals surface area contributed by atoms with E-state index in [1.54, 1.807) is 19.2 Å². The fraction of sp³-hybridized carbons (Fsp3) is 0.333. The number of halogens is 1. The van der Waals surface area contributed by atoms with Gasteiger partial charge in [0.15, 0.2) is 0 Å². The van der Waals surface area contributed by atoms with Gasteiger partial charge in [-0.2, -0.15) is 0 Å². The molecule has 6 nitrogen and oxygen atoms in total. The fourth-order valence-electron chi connectivity index (χ4n) is 3.20. The molecule has 2 amide bonds. The third-order valence-corrected chi connectivity index (χ3v) is 4.82. The predicted molar refractivity (Wildman–Crippen MR) is 104 cm³/mol. The van der Waals surface area contributed by atoms with Gasteiger partial charge in [-0.05, 0) is 36.4 Å². The van der Waals surface area contributed by atoms with E-state index in [0.717, 1.165) is 13.1 Å². The van der Waals surface area contributed by atoms with E-state index in [4.69, 9.17) is 4.74 Å². The highest BCUT2D eigenvalue weighted by atomic mass is 19.1. The molecule has 0 saturated carbocycles. The van der Waals surface area contributed by atoms with Crippen molar-refractivity contribution < 1.29 is 18.7 Å². The molecular weight excluding hydrogens is 361 g/mol. The smallest absolute Gasteiger partial charge is 0.257 e. The van der Waals surface area contributed by atoms with Gasteiger partial charge in [-0.3, -0.25) is 14.5 Å². The number of carbonyl (C=O) groups excluding carboxylic acids is 2. The maximum absolute atomic E-state index is 12.9. The second-order valence-corrected chi connectivity index (χ2v) is 6.60. The van der Waals surface area contributed by atoms with Gasteiger partial charge in [0.25, 0.3) is 11.8 Å². The van der Waals surface area contributed by atoms with Crippen LogP contribution in [0.2, 0.25) is 0 Å². The Morgan fingerprint density at radius 3 is 2.39 bits per heavy atom. The van der Waals surface area contributed by atoms with Crippen molar-refractivity contribution in [1.82, 2.24) is 15.1 Å². The van der Waals surface area contributed by atoms with Crippen molar-refractivity contribution in [3.8, 4) is 5.75 Å². The summed E-state index contributed by atoms with van der Waals surface area (Å²) in [6.45, 7) is 3.94. The number of amides is 2. The van der Waals surface area contributed by atoms with E-state index in [9.17, 15) is 14.0 Å². The Hall–Kier alpha value is -2.93. The second-order valence-electron chi connectivity index (χ2n) is 6.60. The average molecular weight is 385 g/mol. The third kappa shape index (κ3) is 4.86. The van der Waals surface area contributed by atoms with Crippen molar-refractivity contribution in [2.45, 2.75) is 0 Å². The summed E-state index contributed by atoms with van der Waals surface area (Å²) in [6.07, 6.45) is 0. The molecular formula is C21H24FN3O3. The molecule has 1 saturated heterocycles. The highest BCUT2D eigenvalue weighted by molar-refractivity contribution is 5.97. The fourth-order valence-corrected chi connectivity index (χ4v) is 3.20. The zero-order valence-corrected chi connectivity index (χ0v) is 15.9. The normalized spacial score (nSPS) is 14.6. The first kappa shape index (κ1) is 19.8. The summed E-state index contributed by atoms with van der Waals surface area (Å²) in [4.78, 5) is 28.8. The lowest BCUT2D eigenvalue weighted by molar-refractivity contribution is 0.0635. The molecule has 0 unspecified atom stereocenters. The number of piperazine rings is 1. The van der Waals surface area contributed by atoms with Crippen LogP contribution in [0.3, 0.4) is 0 Å².